The maximum Gasteiger partial charge on any atom is 0.257 e. The highest BCUT2D eigenvalue weighted by molar-refractivity contribution is 6.00. The van der Waals surface area contributed by atoms with Gasteiger partial charge in [-0.2, -0.15) is 5.10 Å². The third-order valence-corrected chi connectivity index (χ3v) is 5.02. The van der Waals surface area contributed by atoms with Gasteiger partial charge >= 0.3 is 0 Å². The maximum atomic E-state index is 13.2. The number of ether oxygens (including phenoxy) is 2. The Kier molecular flexibility index (Phi) is 5.02. The van der Waals surface area contributed by atoms with Crippen molar-refractivity contribution in [2.75, 3.05) is 27.3 Å². The quantitative estimate of drug-likeness (QED) is 0.679. The number of para-hydroxylation sites is 1. The SMILES string of the molecule is COc1ccc(-c2nn(-c3ccccc3)cc2C(=O)N2CCCC2)cc1OC. The first-order valence-corrected chi connectivity index (χ1v) is 9.38. The Balaban J connectivity index is 1.82. The number of hydrogen-bond acceptors (Lipinski definition) is 4. The lowest BCUT2D eigenvalue weighted by Crippen LogP contribution is -2.27. The van der Waals surface area contributed by atoms with Gasteiger partial charge in [-0.3, -0.25) is 4.79 Å². The molecule has 2 heterocycles. The van der Waals surface area contributed by atoms with E-state index < -0.39 is 0 Å². The summed E-state index contributed by atoms with van der Waals surface area (Å²) in [5.74, 6) is 1.26. The van der Waals surface area contributed by atoms with Gasteiger partial charge in [0.2, 0.25) is 0 Å². The normalized spacial score (nSPS) is 13.6. The zero-order valence-corrected chi connectivity index (χ0v) is 16.1. The van der Waals surface area contributed by atoms with Crippen LogP contribution in [0.15, 0.2) is 54.7 Å². The Bertz CT molecular complexity index is 976. The lowest BCUT2D eigenvalue weighted by Gasteiger charge is -2.15. The molecule has 0 saturated carbocycles. The molecule has 1 aliphatic rings. The van der Waals surface area contributed by atoms with Gasteiger partial charge in [-0.15, -0.1) is 0 Å². The van der Waals surface area contributed by atoms with Gasteiger partial charge in [0, 0.05) is 24.8 Å². The van der Waals surface area contributed by atoms with Gasteiger partial charge in [-0.25, -0.2) is 4.68 Å². The van der Waals surface area contributed by atoms with Crippen LogP contribution in [0.3, 0.4) is 0 Å². The van der Waals surface area contributed by atoms with Crippen molar-refractivity contribution < 1.29 is 14.3 Å². The van der Waals surface area contributed by atoms with Crippen molar-refractivity contribution in [1.29, 1.82) is 0 Å². The molecular formula is C22H23N3O3. The van der Waals surface area contributed by atoms with Gasteiger partial charge in [-0.1, -0.05) is 18.2 Å². The summed E-state index contributed by atoms with van der Waals surface area (Å²) >= 11 is 0. The standard InChI is InChI=1S/C22H23N3O3/c1-27-19-11-10-16(14-20(19)28-2)21-18(22(26)24-12-6-7-13-24)15-25(23-21)17-8-4-3-5-9-17/h3-5,8-11,14-15H,6-7,12-13H2,1-2H3. The van der Waals surface area contributed by atoms with Crippen LogP contribution in [0.1, 0.15) is 23.2 Å². The monoisotopic (exact) mass is 377 g/mol. The molecule has 0 aliphatic carbocycles. The van der Waals surface area contributed by atoms with E-state index in [0.717, 1.165) is 37.2 Å². The van der Waals surface area contributed by atoms with Crippen LogP contribution in [0.5, 0.6) is 11.5 Å². The summed E-state index contributed by atoms with van der Waals surface area (Å²) < 4.78 is 12.5. The van der Waals surface area contributed by atoms with Crippen molar-refractivity contribution in [3.8, 4) is 28.4 Å². The molecule has 0 spiro atoms. The summed E-state index contributed by atoms with van der Waals surface area (Å²) in [7, 11) is 3.20. The number of hydrogen-bond donors (Lipinski definition) is 0. The molecular weight excluding hydrogens is 354 g/mol. The van der Waals surface area contributed by atoms with Crippen LogP contribution in [-0.2, 0) is 0 Å². The first-order chi connectivity index (χ1) is 13.7. The molecule has 3 aromatic rings. The number of aromatic nitrogens is 2. The van der Waals surface area contributed by atoms with Crippen LogP contribution < -0.4 is 9.47 Å². The van der Waals surface area contributed by atoms with Crippen molar-refractivity contribution in [3.63, 3.8) is 0 Å². The molecule has 6 heteroatoms. The van der Waals surface area contributed by atoms with E-state index in [-0.39, 0.29) is 5.91 Å². The third-order valence-electron chi connectivity index (χ3n) is 5.02. The van der Waals surface area contributed by atoms with Gasteiger partial charge in [0.1, 0.15) is 5.69 Å². The van der Waals surface area contributed by atoms with Crippen LogP contribution in [0.2, 0.25) is 0 Å². The van der Waals surface area contributed by atoms with Crippen LogP contribution in [0.4, 0.5) is 0 Å². The second kappa shape index (κ2) is 7.76. The third kappa shape index (κ3) is 3.33. The van der Waals surface area contributed by atoms with Crippen LogP contribution in [0.25, 0.3) is 16.9 Å². The Morgan fingerprint density at radius 1 is 0.964 bits per heavy atom. The number of amides is 1. The van der Waals surface area contributed by atoms with E-state index in [4.69, 9.17) is 14.6 Å². The number of methoxy groups -OCH3 is 2. The van der Waals surface area contributed by atoms with Crippen LogP contribution >= 0.6 is 0 Å². The second-order valence-electron chi connectivity index (χ2n) is 6.74. The molecule has 2 aromatic carbocycles. The summed E-state index contributed by atoms with van der Waals surface area (Å²) in [6, 6.07) is 15.4. The molecule has 1 saturated heterocycles. The van der Waals surface area contributed by atoms with E-state index >= 15 is 0 Å². The number of rotatable bonds is 5. The first kappa shape index (κ1) is 18.1. The number of carbonyl (C=O) groups excluding carboxylic acids is 1. The summed E-state index contributed by atoms with van der Waals surface area (Å²) in [5, 5.41) is 4.75. The molecule has 0 N–H and O–H groups in total. The molecule has 0 radical (unpaired) electrons. The molecule has 1 fully saturated rings. The lowest BCUT2D eigenvalue weighted by molar-refractivity contribution is 0.0793. The number of nitrogens with zero attached hydrogens (tertiary/aromatic N) is 3. The molecule has 28 heavy (non-hydrogen) atoms. The Hall–Kier alpha value is -3.28. The smallest absolute Gasteiger partial charge is 0.257 e. The molecule has 0 atom stereocenters. The minimum absolute atomic E-state index is 0.0180. The van der Waals surface area contributed by atoms with Gasteiger partial charge in [0.25, 0.3) is 5.91 Å². The maximum absolute atomic E-state index is 13.2. The number of likely N-dealkylation sites (tertiary alicyclic amines) is 1. The van der Waals surface area contributed by atoms with Crippen molar-refractivity contribution in [2.45, 2.75) is 12.8 Å². The minimum atomic E-state index is 0.0180. The van der Waals surface area contributed by atoms with E-state index in [2.05, 4.69) is 0 Å². The van der Waals surface area contributed by atoms with Gasteiger partial charge < -0.3 is 14.4 Å². The van der Waals surface area contributed by atoms with E-state index in [0.29, 0.717) is 22.8 Å². The van der Waals surface area contributed by atoms with E-state index in [1.807, 2.05) is 59.6 Å². The highest BCUT2D eigenvalue weighted by atomic mass is 16.5. The van der Waals surface area contributed by atoms with E-state index in [1.54, 1.807) is 18.9 Å². The summed E-state index contributed by atoms with van der Waals surface area (Å²) in [4.78, 5) is 15.1. The zero-order valence-electron chi connectivity index (χ0n) is 16.1. The largest absolute Gasteiger partial charge is 0.493 e. The second-order valence-corrected chi connectivity index (χ2v) is 6.74. The fraction of sp³-hybridized carbons (Fsp3) is 0.273. The van der Waals surface area contributed by atoms with Crippen molar-refractivity contribution >= 4 is 5.91 Å². The molecule has 144 valence electrons. The average molecular weight is 377 g/mol. The molecule has 4 rings (SSSR count). The number of benzene rings is 2. The zero-order chi connectivity index (χ0) is 19.5. The highest BCUT2D eigenvalue weighted by Crippen LogP contribution is 2.34. The molecule has 0 unspecified atom stereocenters. The van der Waals surface area contributed by atoms with Gasteiger partial charge in [-0.05, 0) is 43.2 Å². The Labute approximate surface area is 164 Å². The predicted molar refractivity (Wildman–Crippen MR) is 107 cm³/mol. The molecule has 1 aromatic heterocycles. The molecule has 1 amide bonds. The van der Waals surface area contributed by atoms with Crippen molar-refractivity contribution in [1.82, 2.24) is 14.7 Å². The highest BCUT2D eigenvalue weighted by Gasteiger charge is 2.26. The Morgan fingerprint density at radius 3 is 2.36 bits per heavy atom. The average Bonchev–Trinajstić information content (AvgIpc) is 3.44. The fourth-order valence-corrected chi connectivity index (χ4v) is 3.53. The van der Waals surface area contributed by atoms with Gasteiger partial charge in [0.15, 0.2) is 11.5 Å². The van der Waals surface area contributed by atoms with Crippen molar-refractivity contribution in [2.24, 2.45) is 0 Å². The van der Waals surface area contributed by atoms with E-state index in [1.165, 1.54) is 0 Å². The summed E-state index contributed by atoms with van der Waals surface area (Å²) in [6.45, 7) is 1.58. The van der Waals surface area contributed by atoms with Crippen LogP contribution in [0, 0.1) is 0 Å². The molecule has 1 aliphatic heterocycles. The lowest BCUT2D eigenvalue weighted by atomic mass is 10.1. The topological polar surface area (TPSA) is 56.6 Å². The minimum Gasteiger partial charge on any atom is -0.493 e. The van der Waals surface area contributed by atoms with Gasteiger partial charge in [0.05, 0.1) is 25.5 Å². The van der Waals surface area contributed by atoms with Crippen LogP contribution in [-0.4, -0.2) is 47.9 Å². The summed E-state index contributed by atoms with van der Waals surface area (Å²) in [5.41, 5.74) is 2.96. The number of carbonyl (C=O) groups is 1. The fourth-order valence-electron chi connectivity index (χ4n) is 3.53. The summed E-state index contributed by atoms with van der Waals surface area (Å²) in [6.07, 6.45) is 3.91. The molecule has 0 bridgehead atoms. The Morgan fingerprint density at radius 2 is 1.68 bits per heavy atom. The van der Waals surface area contributed by atoms with Crippen molar-refractivity contribution in [3.05, 3.63) is 60.3 Å². The van der Waals surface area contributed by atoms with E-state index in [9.17, 15) is 4.79 Å². The molecule has 6 nitrogen and oxygen atoms in total. The first-order valence-electron chi connectivity index (χ1n) is 9.38. The predicted octanol–water partition coefficient (Wildman–Crippen LogP) is 3.79.